The van der Waals surface area contributed by atoms with Gasteiger partial charge in [-0.15, -0.1) is 0 Å². The van der Waals surface area contributed by atoms with Gasteiger partial charge in [0.15, 0.2) is 0 Å². The molecule has 1 saturated carbocycles. The fraction of sp³-hybridized carbons (Fsp3) is 0.765. The summed E-state index contributed by atoms with van der Waals surface area (Å²) in [6, 6.07) is 2.49. The van der Waals surface area contributed by atoms with Crippen LogP contribution in [0.15, 0.2) is 12.3 Å². The minimum absolute atomic E-state index is 0.0766. The van der Waals surface area contributed by atoms with E-state index in [0.717, 1.165) is 32.4 Å². The van der Waals surface area contributed by atoms with Gasteiger partial charge in [-0.3, -0.25) is 9.48 Å². The van der Waals surface area contributed by atoms with Crippen LogP contribution < -0.4 is 5.32 Å². The average Bonchev–Trinajstić information content (AvgIpc) is 3.11. The third-order valence-corrected chi connectivity index (χ3v) is 5.47. The van der Waals surface area contributed by atoms with E-state index in [1.807, 2.05) is 21.8 Å². The maximum Gasteiger partial charge on any atom is 0.274 e. The molecule has 1 N–H and O–H groups in total. The Bertz CT molecular complexity index is 551. The van der Waals surface area contributed by atoms with Gasteiger partial charge in [-0.1, -0.05) is 12.8 Å². The van der Waals surface area contributed by atoms with E-state index in [1.165, 1.54) is 19.3 Å². The molecular formula is C17H26N4O2. The van der Waals surface area contributed by atoms with E-state index in [4.69, 9.17) is 4.74 Å². The van der Waals surface area contributed by atoms with Crippen LogP contribution in [0, 0.1) is 0 Å². The summed E-state index contributed by atoms with van der Waals surface area (Å²) in [6.45, 7) is 3.37. The zero-order valence-electron chi connectivity index (χ0n) is 13.6. The third-order valence-electron chi connectivity index (χ3n) is 5.47. The molecule has 6 heteroatoms. The normalized spacial score (nSPS) is 31.7. The average molecular weight is 318 g/mol. The number of carbonyl (C=O) groups excluding carboxylic acids is 1. The highest BCUT2D eigenvalue weighted by Crippen LogP contribution is 2.29. The highest BCUT2D eigenvalue weighted by molar-refractivity contribution is 5.92. The van der Waals surface area contributed by atoms with Crippen LogP contribution in [0.4, 0.5) is 0 Å². The summed E-state index contributed by atoms with van der Waals surface area (Å²) >= 11 is 0. The summed E-state index contributed by atoms with van der Waals surface area (Å²) in [4.78, 5) is 14.9. The van der Waals surface area contributed by atoms with Gasteiger partial charge in [0.2, 0.25) is 0 Å². The highest BCUT2D eigenvalue weighted by Gasteiger charge is 2.37. The van der Waals surface area contributed by atoms with E-state index >= 15 is 0 Å². The number of rotatable bonds is 2. The first-order chi connectivity index (χ1) is 11.3. The molecule has 23 heavy (non-hydrogen) atoms. The van der Waals surface area contributed by atoms with Crippen molar-refractivity contribution in [3.63, 3.8) is 0 Å². The van der Waals surface area contributed by atoms with E-state index in [-0.39, 0.29) is 18.1 Å². The lowest BCUT2D eigenvalue weighted by atomic mass is 9.90. The van der Waals surface area contributed by atoms with Gasteiger partial charge in [0.25, 0.3) is 5.91 Å². The topological polar surface area (TPSA) is 59.4 Å². The Morgan fingerprint density at radius 2 is 2.17 bits per heavy atom. The van der Waals surface area contributed by atoms with Crippen molar-refractivity contribution in [2.75, 3.05) is 26.2 Å². The van der Waals surface area contributed by atoms with Crippen LogP contribution in [-0.4, -0.2) is 59.0 Å². The summed E-state index contributed by atoms with van der Waals surface area (Å²) in [6.07, 6.45) is 9.03. The molecule has 2 aliphatic heterocycles. The Morgan fingerprint density at radius 1 is 1.26 bits per heavy atom. The fourth-order valence-corrected chi connectivity index (χ4v) is 4.21. The molecule has 3 aliphatic rings. The summed E-state index contributed by atoms with van der Waals surface area (Å²) in [5.74, 6) is 0.0766. The predicted octanol–water partition coefficient (Wildman–Crippen LogP) is 1.59. The van der Waals surface area contributed by atoms with Gasteiger partial charge in [0, 0.05) is 19.3 Å². The van der Waals surface area contributed by atoms with E-state index in [1.54, 1.807) is 0 Å². The summed E-state index contributed by atoms with van der Waals surface area (Å²) in [5, 5.41) is 7.99. The maximum atomic E-state index is 12.9. The lowest BCUT2D eigenvalue weighted by molar-refractivity contribution is -0.0754. The Morgan fingerprint density at radius 3 is 3.04 bits per heavy atom. The molecule has 126 valence electrons. The number of piperidine rings is 1. The second-order valence-electron chi connectivity index (χ2n) is 6.94. The van der Waals surface area contributed by atoms with Crippen molar-refractivity contribution in [3.05, 3.63) is 18.0 Å². The molecule has 3 atom stereocenters. The molecule has 6 nitrogen and oxygen atoms in total. The number of nitrogens with one attached hydrogen (secondary N) is 1. The molecule has 1 aromatic heterocycles. The lowest BCUT2D eigenvalue weighted by Gasteiger charge is -2.43. The number of morpholine rings is 1. The molecule has 2 saturated heterocycles. The smallest absolute Gasteiger partial charge is 0.274 e. The number of carbonyl (C=O) groups is 1. The predicted molar refractivity (Wildman–Crippen MR) is 86.4 cm³/mol. The summed E-state index contributed by atoms with van der Waals surface area (Å²) in [5.41, 5.74) is 0.585. The number of hydrogen-bond acceptors (Lipinski definition) is 4. The number of ether oxygens (including phenoxy) is 1. The largest absolute Gasteiger partial charge is 0.374 e. The molecular weight excluding hydrogens is 292 g/mol. The number of nitrogens with zero attached hydrogens (tertiary/aromatic N) is 3. The molecule has 0 radical (unpaired) electrons. The van der Waals surface area contributed by atoms with Gasteiger partial charge >= 0.3 is 0 Å². The summed E-state index contributed by atoms with van der Waals surface area (Å²) < 4.78 is 7.84. The van der Waals surface area contributed by atoms with Crippen molar-refractivity contribution in [2.45, 2.75) is 56.7 Å². The first kappa shape index (κ1) is 15.1. The van der Waals surface area contributed by atoms with Crippen LogP contribution in [0.25, 0.3) is 0 Å². The number of amides is 1. The third kappa shape index (κ3) is 3.02. The molecule has 1 aromatic rings. The zero-order chi connectivity index (χ0) is 15.6. The SMILES string of the molecule is O=C(c1ccn(C2CCCNC2)n1)N1CCOC2CCCCC21. The quantitative estimate of drug-likeness (QED) is 0.900. The standard InChI is InChI=1S/C17H26N4O2/c22-17(20-10-11-23-16-6-2-1-5-15(16)20)14-7-9-21(19-14)13-4-3-8-18-12-13/h7,9,13,15-16,18H,1-6,8,10-12H2. The number of aromatic nitrogens is 2. The molecule has 0 bridgehead atoms. The van der Waals surface area contributed by atoms with Gasteiger partial charge in [-0.25, -0.2) is 0 Å². The van der Waals surface area contributed by atoms with E-state index in [2.05, 4.69) is 10.4 Å². The van der Waals surface area contributed by atoms with Crippen molar-refractivity contribution in [1.82, 2.24) is 20.0 Å². The van der Waals surface area contributed by atoms with Crippen LogP contribution in [0.3, 0.4) is 0 Å². The van der Waals surface area contributed by atoms with E-state index < -0.39 is 0 Å². The van der Waals surface area contributed by atoms with Crippen LogP contribution in [0.1, 0.15) is 55.1 Å². The first-order valence-electron chi connectivity index (χ1n) is 9.01. The summed E-state index contributed by atoms with van der Waals surface area (Å²) in [7, 11) is 0. The van der Waals surface area contributed by atoms with Crippen molar-refractivity contribution < 1.29 is 9.53 Å². The van der Waals surface area contributed by atoms with Crippen molar-refractivity contribution in [3.8, 4) is 0 Å². The molecule has 3 unspecified atom stereocenters. The van der Waals surface area contributed by atoms with Gasteiger partial charge in [-0.05, 0) is 38.3 Å². The van der Waals surface area contributed by atoms with Crippen LogP contribution in [0.2, 0.25) is 0 Å². The highest BCUT2D eigenvalue weighted by atomic mass is 16.5. The molecule has 1 aliphatic carbocycles. The van der Waals surface area contributed by atoms with Gasteiger partial charge in [0.05, 0.1) is 24.8 Å². The molecule has 0 aromatic carbocycles. The van der Waals surface area contributed by atoms with Crippen LogP contribution >= 0.6 is 0 Å². The maximum absolute atomic E-state index is 12.9. The molecule has 1 amide bonds. The van der Waals surface area contributed by atoms with Gasteiger partial charge < -0.3 is 15.0 Å². The monoisotopic (exact) mass is 318 g/mol. The van der Waals surface area contributed by atoms with Gasteiger partial charge in [0.1, 0.15) is 5.69 Å². The first-order valence-corrected chi connectivity index (χ1v) is 9.01. The molecule has 4 rings (SSSR count). The molecule has 3 heterocycles. The van der Waals surface area contributed by atoms with E-state index in [9.17, 15) is 4.79 Å². The van der Waals surface area contributed by atoms with Crippen LogP contribution in [-0.2, 0) is 4.74 Å². The zero-order valence-corrected chi connectivity index (χ0v) is 13.6. The van der Waals surface area contributed by atoms with Crippen molar-refractivity contribution in [1.29, 1.82) is 0 Å². The Labute approximate surface area is 137 Å². The minimum atomic E-state index is 0.0766. The Balaban J connectivity index is 1.48. The molecule has 0 spiro atoms. The number of hydrogen-bond donors (Lipinski definition) is 1. The molecule has 3 fully saturated rings. The van der Waals surface area contributed by atoms with E-state index in [0.29, 0.717) is 24.9 Å². The van der Waals surface area contributed by atoms with Crippen molar-refractivity contribution >= 4 is 5.91 Å². The van der Waals surface area contributed by atoms with Gasteiger partial charge in [-0.2, -0.15) is 5.10 Å². The Hall–Kier alpha value is -1.40. The fourth-order valence-electron chi connectivity index (χ4n) is 4.21. The minimum Gasteiger partial charge on any atom is -0.374 e. The second-order valence-corrected chi connectivity index (χ2v) is 6.94. The van der Waals surface area contributed by atoms with Crippen molar-refractivity contribution in [2.24, 2.45) is 0 Å². The second kappa shape index (κ2) is 6.61. The Kier molecular flexibility index (Phi) is 4.35. The number of fused-ring (bicyclic) bond motifs is 1. The van der Waals surface area contributed by atoms with Crippen LogP contribution in [0.5, 0.6) is 0 Å². The lowest BCUT2D eigenvalue weighted by Crippen LogP contribution is -2.54.